The fourth-order valence-corrected chi connectivity index (χ4v) is 6.57. The van der Waals surface area contributed by atoms with E-state index in [2.05, 4.69) is 20.9 Å². The number of nitrogens with one attached hydrogen (secondary N) is 3. The van der Waals surface area contributed by atoms with E-state index in [1.165, 1.54) is 0 Å². The highest BCUT2D eigenvalue weighted by Gasteiger charge is 2.28. The van der Waals surface area contributed by atoms with Crippen molar-refractivity contribution >= 4 is 28.1 Å². The molecule has 1 aliphatic rings. The summed E-state index contributed by atoms with van der Waals surface area (Å²) in [5.41, 5.74) is 4.51. The summed E-state index contributed by atoms with van der Waals surface area (Å²) < 4.78 is 23.0. The molecule has 0 saturated carbocycles. The van der Waals surface area contributed by atoms with Gasteiger partial charge in [0.05, 0.1) is 29.3 Å². The van der Waals surface area contributed by atoms with Crippen LogP contribution < -0.4 is 20.3 Å². The molecule has 10 heteroatoms. The molecule has 1 fully saturated rings. The molecule has 2 aromatic carbocycles. The van der Waals surface area contributed by atoms with Crippen molar-refractivity contribution in [2.24, 2.45) is 0 Å². The highest BCUT2D eigenvalue weighted by Crippen LogP contribution is 2.50. The molecule has 0 spiro atoms. The van der Waals surface area contributed by atoms with Crippen LogP contribution in [0.3, 0.4) is 0 Å². The third-order valence-electron chi connectivity index (χ3n) is 6.92. The lowest BCUT2D eigenvalue weighted by Crippen LogP contribution is -2.48. The number of aromatic nitrogens is 1. The van der Waals surface area contributed by atoms with Crippen molar-refractivity contribution in [3.63, 3.8) is 0 Å². The summed E-state index contributed by atoms with van der Waals surface area (Å²) in [4.78, 5) is 18.1. The van der Waals surface area contributed by atoms with Crippen LogP contribution in [0.5, 0.6) is 0 Å². The second-order valence-corrected chi connectivity index (χ2v) is 12.3. The number of anilines is 2. The zero-order valence-electron chi connectivity index (χ0n) is 23.2. The summed E-state index contributed by atoms with van der Waals surface area (Å²) >= 11 is 0. The van der Waals surface area contributed by atoms with Gasteiger partial charge in [-0.25, -0.2) is 0 Å². The molecule has 0 radical (unpaired) electrons. The Morgan fingerprint density at radius 1 is 1.07 bits per heavy atom. The lowest BCUT2D eigenvalue weighted by atomic mass is 10.00. The number of hydrogen-bond donors (Lipinski definition) is 6. The van der Waals surface area contributed by atoms with E-state index >= 15 is 0 Å². The van der Waals surface area contributed by atoms with Crippen LogP contribution in [0.15, 0.2) is 66.7 Å². The number of pyridine rings is 1. The molecular formula is C30H41N5O4S. The van der Waals surface area contributed by atoms with Crippen LogP contribution in [-0.2, 0) is 13.0 Å². The molecule has 1 saturated heterocycles. The molecule has 2 atom stereocenters. The summed E-state index contributed by atoms with van der Waals surface area (Å²) in [5.74, 6) is -0.0223. The maximum absolute atomic E-state index is 13.6. The molecule has 6 N–H and O–H groups in total. The molecule has 4 rings (SSSR count). The standard InChI is InChI=1S/C30H41N5O4S/c1-3-32-26-17-24(18-27(19-26)35-14-7-8-15-40(35,38)39)30(37)34-28(16-23-11-5-4-6-12-23)29(36)21-31-20-25-13-9-10-22(2)33-25/h4-6,9-13,17-19,28-29,31-32,36,38-39H,3,7-8,14-16,20-21H2,1-2H3,(H,34,37). The lowest BCUT2D eigenvalue weighted by molar-refractivity contribution is 0.0830. The first-order chi connectivity index (χ1) is 19.2. The average molecular weight is 568 g/mol. The van der Waals surface area contributed by atoms with E-state index in [9.17, 15) is 19.0 Å². The molecule has 40 heavy (non-hydrogen) atoms. The van der Waals surface area contributed by atoms with Gasteiger partial charge >= 0.3 is 0 Å². The number of benzene rings is 2. The quantitative estimate of drug-likeness (QED) is 0.188. The van der Waals surface area contributed by atoms with Gasteiger partial charge in [-0.2, -0.15) is 0 Å². The minimum atomic E-state index is -2.94. The van der Waals surface area contributed by atoms with Gasteiger partial charge in [0, 0.05) is 43.1 Å². The van der Waals surface area contributed by atoms with Crippen LogP contribution in [0.2, 0.25) is 0 Å². The highest BCUT2D eigenvalue weighted by atomic mass is 32.3. The van der Waals surface area contributed by atoms with Crippen LogP contribution >= 0.6 is 10.8 Å². The Hall–Kier alpha value is -3.15. The maximum atomic E-state index is 13.6. The zero-order chi connectivity index (χ0) is 28.5. The second kappa shape index (κ2) is 14.0. The van der Waals surface area contributed by atoms with Crippen molar-refractivity contribution in [2.75, 3.05) is 35.0 Å². The molecule has 3 aromatic rings. The van der Waals surface area contributed by atoms with E-state index in [4.69, 9.17) is 0 Å². The highest BCUT2D eigenvalue weighted by molar-refractivity contribution is 8.25. The predicted octanol–water partition coefficient (Wildman–Crippen LogP) is 4.58. The number of aryl methyl sites for hydroxylation is 1. The number of aliphatic hydroxyl groups is 1. The molecule has 2 heterocycles. The van der Waals surface area contributed by atoms with Gasteiger partial charge in [0.1, 0.15) is 0 Å². The Labute approximate surface area is 238 Å². The topological polar surface area (TPSA) is 130 Å². The van der Waals surface area contributed by atoms with Gasteiger partial charge in [-0.1, -0.05) is 36.4 Å². The third kappa shape index (κ3) is 8.18. The van der Waals surface area contributed by atoms with Gasteiger partial charge in [0.2, 0.25) is 0 Å². The largest absolute Gasteiger partial charge is 0.390 e. The van der Waals surface area contributed by atoms with Crippen LogP contribution in [-0.4, -0.2) is 62.6 Å². The average Bonchev–Trinajstić information content (AvgIpc) is 2.93. The Morgan fingerprint density at radius 2 is 1.88 bits per heavy atom. The first-order valence-electron chi connectivity index (χ1n) is 13.8. The van der Waals surface area contributed by atoms with Crippen LogP contribution in [0.25, 0.3) is 0 Å². The summed E-state index contributed by atoms with van der Waals surface area (Å²) in [6, 6.07) is 20.3. The lowest BCUT2D eigenvalue weighted by Gasteiger charge is -2.47. The van der Waals surface area contributed by atoms with Crippen molar-refractivity contribution in [1.82, 2.24) is 15.6 Å². The predicted molar refractivity (Wildman–Crippen MR) is 163 cm³/mol. The Kier molecular flexibility index (Phi) is 10.4. The van der Waals surface area contributed by atoms with Gasteiger partial charge in [-0.3, -0.25) is 23.2 Å². The maximum Gasteiger partial charge on any atom is 0.251 e. The monoisotopic (exact) mass is 567 g/mol. The minimum Gasteiger partial charge on any atom is -0.390 e. The summed E-state index contributed by atoms with van der Waals surface area (Å²) in [7, 11) is -2.94. The second-order valence-electron chi connectivity index (χ2n) is 10.2. The molecule has 9 nitrogen and oxygen atoms in total. The number of carbonyl (C=O) groups excluding carboxylic acids is 1. The molecular weight excluding hydrogens is 526 g/mol. The molecule has 1 aromatic heterocycles. The van der Waals surface area contributed by atoms with Crippen molar-refractivity contribution in [3.05, 3.63) is 89.2 Å². The van der Waals surface area contributed by atoms with E-state index in [1.54, 1.807) is 16.4 Å². The Bertz CT molecular complexity index is 1260. The Morgan fingerprint density at radius 3 is 2.60 bits per heavy atom. The molecule has 216 valence electrons. The normalized spacial score (nSPS) is 17.1. The summed E-state index contributed by atoms with van der Waals surface area (Å²) in [6.45, 7) is 5.83. The molecule has 2 unspecified atom stereocenters. The van der Waals surface area contributed by atoms with Crippen LogP contribution in [0.4, 0.5) is 11.4 Å². The zero-order valence-corrected chi connectivity index (χ0v) is 24.0. The van der Waals surface area contributed by atoms with E-state index in [0.717, 1.165) is 35.5 Å². The molecule has 0 aliphatic carbocycles. The summed E-state index contributed by atoms with van der Waals surface area (Å²) in [6.07, 6.45) is 1.19. The SMILES string of the molecule is CCNc1cc(C(=O)NC(Cc2ccccc2)C(O)CNCc2cccc(C)n2)cc(N2CCCCS2(O)O)c1. The molecule has 1 aliphatic heterocycles. The fourth-order valence-electron chi connectivity index (χ4n) is 4.89. The first kappa shape index (κ1) is 29.8. The van der Waals surface area contributed by atoms with Crippen molar-refractivity contribution in [2.45, 2.75) is 51.8 Å². The molecule has 0 bridgehead atoms. The van der Waals surface area contributed by atoms with Gasteiger partial charge < -0.3 is 21.1 Å². The number of carbonyl (C=O) groups is 1. The number of hydrogen-bond acceptors (Lipinski definition) is 8. The smallest absolute Gasteiger partial charge is 0.251 e. The third-order valence-corrected chi connectivity index (χ3v) is 8.85. The van der Waals surface area contributed by atoms with Gasteiger partial charge in [0.25, 0.3) is 5.91 Å². The number of aliphatic hydroxyl groups excluding tert-OH is 1. The van der Waals surface area contributed by atoms with Crippen molar-refractivity contribution < 1.29 is 19.0 Å². The van der Waals surface area contributed by atoms with E-state index in [-0.39, 0.29) is 12.5 Å². The van der Waals surface area contributed by atoms with Crippen molar-refractivity contribution in [3.8, 4) is 0 Å². The van der Waals surface area contributed by atoms with E-state index in [0.29, 0.717) is 43.1 Å². The van der Waals surface area contributed by atoms with Crippen LogP contribution in [0.1, 0.15) is 47.1 Å². The first-order valence-corrected chi connectivity index (χ1v) is 15.5. The number of nitrogens with zero attached hydrogens (tertiary/aromatic N) is 2. The van der Waals surface area contributed by atoms with Crippen LogP contribution in [0, 0.1) is 6.92 Å². The minimum absolute atomic E-state index is 0.269. The van der Waals surface area contributed by atoms with Gasteiger partial charge in [0.15, 0.2) is 0 Å². The summed E-state index contributed by atoms with van der Waals surface area (Å²) in [5, 5.41) is 20.7. The van der Waals surface area contributed by atoms with Crippen molar-refractivity contribution in [1.29, 1.82) is 0 Å². The number of amides is 1. The molecule has 1 amide bonds. The van der Waals surface area contributed by atoms with E-state index in [1.807, 2.05) is 68.4 Å². The van der Waals surface area contributed by atoms with Gasteiger partial charge in [-0.05, 0) is 69.0 Å². The number of rotatable bonds is 12. The Balaban J connectivity index is 1.53. The van der Waals surface area contributed by atoms with Gasteiger partial charge in [-0.15, -0.1) is 10.8 Å². The van der Waals surface area contributed by atoms with E-state index < -0.39 is 22.9 Å². The fraction of sp³-hybridized carbons (Fsp3) is 0.400.